The van der Waals surface area contributed by atoms with Crippen LogP contribution in [0.2, 0.25) is 0 Å². The minimum atomic E-state index is -0.0432. The summed E-state index contributed by atoms with van der Waals surface area (Å²) in [4.78, 5) is 25.4. The van der Waals surface area contributed by atoms with Crippen molar-refractivity contribution >= 4 is 28.7 Å². The fraction of sp³-hybridized carbons (Fsp3) is 0.222. The van der Waals surface area contributed by atoms with Crippen LogP contribution in [-0.2, 0) is 0 Å². The Morgan fingerprint density at radius 1 is 1.00 bits per heavy atom. The quantitative estimate of drug-likeness (QED) is 0.550. The molecule has 8 heteroatoms. The van der Waals surface area contributed by atoms with Crippen LogP contribution in [0.25, 0.3) is 16.7 Å². The molecule has 0 N–H and O–H groups in total. The van der Waals surface area contributed by atoms with E-state index >= 15 is 0 Å². The highest BCUT2D eigenvalue weighted by Crippen LogP contribution is 2.23. The Labute approximate surface area is 148 Å². The number of hydrogen-bond donors (Lipinski definition) is 0. The second kappa shape index (κ2) is 5.83. The van der Waals surface area contributed by atoms with Gasteiger partial charge in [0.1, 0.15) is 17.5 Å². The third-order valence-corrected chi connectivity index (χ3v) is 4.64. The van der Waals surface area contributed by atoms with Crippen LogP contribution in [0.1, 0.15) is 10.5 Å². The first-order valence-electron chi connectivity index (χ1n) is 8.48. The van der Waals surface area contributed by atoms with E-state index in [1.54, 1.807) is 10.6 Å². The van der Waals surface area contributed by atoms with E-state index in [1.807, 2.05) is 41.3 Å². The molecule has 1 aliphatic heterocycles. The smallest absolute Gasteiger partial charge is 0.298 e. The third-order valence-electron chi connectivity index (χ3n) is 4.64. The Balaban J connectivity index is 1.33. The Morgan fingerprint density at radius 2 is 1.85 bits per heavy atom. The molecule has 0 saturated carbocycles. The van der Waals surface area contributed by atoms with Crippen LogP contribution in [0.15, 0.2) is 53.2 Å². The molecule has 0 radical (unpaired) electrons. The summed E-state index contributed by atoms with van der Waals surface area (Å²) in [5.74, 6) is -0.0432. The molecule has 0 spiro atoms. The summed E-state index contributed by atoms with van der Waals surface area (Å²) in [5, 5.41) is 4.14. The number of hydrogen-bond acceptors (Lipinski definition) is 6. The van der Waals surface area contributed by atoms with Gasteiger partial charge in [-0.25, -0.2) is 9.50 Å². The number of piperazine rings is 1. The van der Waals surface area contributed by atoms with Crippen LogP contribution < -0.4 is 4.90 Å². The molecule has 4 heterocycles. The highest BCUT2D eigenvalue weighted by atomic mass is 16.4. The fourth-order valence-electron chi connectivity index (χ4n) is 3.27. The lowest BCUT2D eigenvalue weighted by Crippen LogP contribution is -2.49. The number of nitrogens with zero attached hydrogens (tertiary/aromatic N) is 6. The third kappa shape index (κ3) is 2.38. The van der Waals surface area contributed by atoms with Gasteiger partial charge < -0.3 is 14.2 Å². The molecule has 8 nitrogen and oxygen atoms in total. The molecule has 0 bridgehead atoms. The van der Waals surface area contributed by atoms with Crippen molar-refractivity contribution in [3.05, 3.63) is 54.5 Å². The van der Waals surface area contributed by atoms with Crippen molar-refractivity contribution in [3.63, 3.8) is 0 Å². The van der Waals surface area contributed by atoms with Crippen LogP contribution in [0.3, 0.4) is 0 Å². The lowest BCUT2D eigenvalue weighted by Gasteiger charge is -2.33. The lowest BCUT2D eigenvalue weighted by molar-refractivity contribution is 0.0736. The number of oxazole rings is 1. The zero-order chi connectivity index (χ0) is 17.5. The number of benzene rings is 1. The van der Waals surface area contributed by atoms with Gasteiger partial charge in [0, 0.05) is 26.2 Å². The van der Waals surface area contributed by atoms with Crippen LogP contribution in [0.5, 0.6) is 0 Å². The van der Waals surface area contributed by atoms with Gasteiger partial charge in [-0.3, -0.25) is 4.79 Å². The summed E-state index contributed by atoms with van der Waals surface area (Å²) in [7, 11) is 0. The molecule has 4 aromatic rings. The van der Waals surface area contributed by atoms with E-state index in [0.29, 0.717) is 43.5 Å². The number of amides is 1. The van der Waals surface area contributed by atoms with Crippen LogP contribution in [0.4, 0.5) is 6.01 Å². The lowest BCUT2D eigenvalue weighted by atomic mass is 10.2. The van der Waals surface area contributed by atoms with Gasteiger partial charge in [0.2, 0.25) is 0 Å². The van der Waals surface area contributed by atoms with E-state index in [2.05, 4.69) is 20.0 Å². The maximum Gasteiger partial charge on any atom is 0.298 e. The fourth-order valence-corrected chi connectivity index (χ4v) is 3.27. The summed E-state index contributed by atoms with van der Waals surface area (Å²) in [6.07, 6.45) is 1.46. The topological polar surface area (TPSA) is 79.8 Å². The second-order valence-electron chi connectivity index (χ2n) is 6.18. The molecule has 1 aliphatic rings. The van der Waals surface area contributed by atoms with Gasteiger partial charge in [-0.15, -0.1) is 0 Å². The van der Waals surface area contributed by atoms with E-state index in [9.17, 15) is 4.79 Å². The Bertz CT molecular complexity index is 1060. The van der Waals surface area contributed by atoms with Gasteiger partial charge in [-0.1, -0.05) is 18.2 Å². The molecule has 26 heavy (non-hydrogen) atoms. The molecule has 1 fully saturated rings. The Morgan fingerprint density at radius 3 is 2.69 bits per heavy atom. The highest BCUT2D eigenvalue weighted by molar-refractivity contribution is 5.93. The van der Waals surface area contributed by atoms with Crippen molar-refractivity contribution in [2.75, 3.05) is 31.1 Å². The van der Waals surface area contributed by atoms with E-state index in [-0.39, 0.29) is 5.91 Å². The number of fused-ring (bicyclic) bond motifs is 2. The molecule has 0 atom stereocenters. The summed E-state index contributed by atoms with van der Waals surface area (Å²) in [5.41, 5.74) is 2.81. The molecule has 1 aromatic carbocycles. The molecule has 5 rings (SSSR count). The molecule has 3 aromatic heterocycles. The molecule has 1 saturated heterocycles. The molecular formula is C18H16N6O2. The van der Waals surface area contributed by atoms with Crippen molar-refractivity contribution in [1.29, 1.82) is 0 Å². The number of para-hydroxylation sites is 2. The summed E-state index contributed by atoms with van der Waals surface area (Å²) < 4.78 is 7.40. The summed E-state index contributed by atoms with van der Waals surface area (Å²) >= 11 is 0. The van der Waals surface area contributed by atoms with Gasteiger partial charge >= 0.3 is 0 Å². The normalized spacial score (nSPS) is 15.1. The minimum Gasteiger partial charge on any atom is -0.423 e. The molecule has 0 aliphatic carbocycles. The first-order chi connectivity index (χ1) is 12.8. The van der Waals surface area contributed by atoms with E-state index < -0.39 is 0 Å². The largest absolute Gasteiger partial charge is 0.423 e. The van der Waals surface area contributed by atoms with Crippen molar-refractivity contribution in [3.8, 4) is 0 Å². The number of aromatic nitrogens is 4. The van der Waals surface area contributed by atoms with E-state index in [4.69, 9.17) is 4.42 Å². The number of rotatable bonds is 2. The van der Waals surface area contributed by atoms with Gasteiger partial charge in [0.05, 0.1) is 0 Å². The van der Waals surface area contributed by atoms with Crippen molar-refractivity contribution in [2.45, 2.75) is 0 Å². The van der Waals surface area contributed by atoms with Gasteiger partial charge in [0.25, 0.3) is 11.9 Å². The predicted molar refractivity (Wildman–Crippen MR) is 95.1 cm³/mol. The first kappa shape index (κ1) is 14.9. The minimum absolute atomic E-state index is 0.0432. The zero-order valence-corrected chi connectivity index (χ0v) is 13.9. The van der Waals surface area contributed by atoms with Gasteiger partial charge in [-0.2, -0.15) is 10.1 Å². The SMILES string of the molecule is O=C(c1cccc2ncnn12)N1CCN(c2nc3ccccc3o2)CC1. The summed E-state index contributed by atoms with van der Waals surface area (Å²) in [6, 6.07) is 13.7. The van der Waals surface area contributed by atoms with Crippen LogP contribution in [-0.4, -0.2) is 56.6 Å². The average Bonchev–Trinajstić information content (AvgIpc) is 3.34. The second-order valence-corrected chi connectivity index (χ2v) is 6.18. The monoisotopic (exact) mass is 348 g/mol. The molecule has 0 unspecified atom stereocenters. The maximum atomic E-state index is 12.9. The van der Waals surface area contributed by atoms with E-state index in [1.165, 1.54) is 6.33 Å². The number of carbonyl (C=O) groups is 1. The van der Waals surface area contributed by atoms with Gasteiger partial charge in [-0.05, 0) is 24.3 Å². The van der Waals surface area contributed by atoms with Crippen LogP contribution in [0, 0.1) is 0 Å². The van der Waals surface area contributed by atoms with Crippen molar-refractivity contribution in [2.24, 2.45) is 0 Å². The Kier molecular flexibility index (Phi) is 3.34. The number of pyridine rings is 1. The predicted octanol–water partition coefficient (Wildman–Crippen LogP) is 1.83. The van der Waals surface area contributed by atoms with Crippen molar-refractivity contribution < 1.29 is 9.21 Å². The molecular weight excluding hydrogens is 332 g/mol. The standard InChI is InChI=1S/C18H16N6O2/c25-17(14-5-3-7-16-19-12-20-24(14)16)22-8-10-23(11-9-22)18-21-13-4-1-2-6-15(13)26-18/h1-7,12H,8-11H2. The van der Waals surface area contributed by atoms with Gasteiger partial charge in [0.15, 0.2) is 11.2 Å². The van der Waals surface area contributed by atoms with Crippen LogP contribution >= 0.6 is 0 Å². The maximum absolute atomic E-state index is 12.9. The molecule has 130 valence electrons. The van der Waals surface area contributed by atoms with Crippen molar-refractivity contribution in [1.82, 2.24) is 24.5 Å². The van der Waals surface area contributed by atoms with E-state index in [0.717, 1.165) is 11.1 Å². The number of anilines is 1. The highest BCUT2D eigenvalue weighted by Gasteiger charge is 2.26. The zero-order valence-electron chi connectivity index (χ0n) is 13.9. The first-order valence-corrected chi connectivity index (χ1v) is 8.48. The average molecular weight is 348 g/mol. The Hall–Kier alpha value is -3.42. The summed E-state index contributed by atoms with van der Waals surface area (Å²) in [6.45, 7) is 2.54. The molecule has 1 amide bonds. The number of carbonyl (C=O) groups excluding carboxylic acids is 1.